The largest absolute Gasteiger partial charge is 0.506 e. The van der Waals surface area contributed by atoms with E-state index in [1.165, 1.54) is 18.3 Å². The number of nitriles is 1. The Morgan fingerprint density at radius 3 is 2.59 bits per heavy atom. The van der Waals surface area contributed by atoms with Gasteiger partial charge in [0.05, 0.1) is 21.6 Å². The molecule has 3 rings (SSSR count). The highest BCUT2D eigenvalue weighted by Gasteiger charge is 2.20. The molecule has 110 valence electrons. The Morgan fingerprint density at radius 1 is 1.27 bits per heavy atom. The van der Waals surface area contributed by atoms with E-state index in [9.17, 15) is 14.8 Å². The van der Waals surface area contributed by atoms with Crippen LogP contribution in [0.3, 0.4) is 0 Å². The summed E-state index contributed by atoms with van der Waals surface area (Å²) in [5.74, 6) is -0.321. The van der Waals surface area contributed by atoms with Crippen LogP contribution in [0.15, 0.2) is 39.5 Å². The van der Waals surface area contributed by atoms with Crippen LogP contribution in [0.2, 0.25) is 0 Å². The van der Waals surface area contributed by atoms with Gasteiger partial charge in [0.2, 0.25) is 0 Å². The van der Waals surface area contributed by atoms with E-state index in [1.54, 1.807) is 16.7 Å². The Kier molecular flexibility index (Phi) is 3.89. The van der Waals surface area contributed by atoms with Gasteiger partial charge >= 0.3 is 0 Å². The maximum Gasteiger partial charge on any atom is 0.165 e. The second-order valence-corrected chi connectivity index (χ2v) is 6.19. The van der Waals surface area contributed by atoms with Crippen molar-refractivity contribution in [2.45, 2.75) is 6.54 Å². The van der Waals surface area contributed by atoms with Crippen LogP contribution in [-0.2, 0) is 6.54 Å². The molecule has 1 N–H and O–H groups in total. The van der Waals surface area contributed by atoms with E-state index < -0.39 is 0 Å². The molecule has 0 saturated carbocycles. The average Bonchev–Trinajstić information content (AvgIpc) is 2.76. The SMILES string of the molecule is N#Cc1ncc(O)c2c(Br)c(Br)n(Cc3ccc(F)cc3)c12. The lowest BCUT2D eigenvalue weighted by Gasteiger charge is -2.08. The number of benzene rings is 1. The van der Waals surface area contributed by atoms with Crippen LogP contribution in [-0.4, -0.2) is 14.7 Å². The van der Waals surface area contributed by atoms with Crippen molar-refractivity contribution in [3.05, 3.63) is 56.6 Å². The van der Waals surface area contributed by atoms with Gasteiger partial charge in [-0.15, -0.1) is 0 Å². The minimum atomic E-state index is -0.307. The summed E-state index contributed by atoms with van der Waals surface area (Å²) in [4.78, 5) is 3.96. The molecule has 0 atom stereocenters. The first kappa shape index (κ1) is 15.0. The molecule has 7 heteroatoms. The van der Waals surface area contributed by atoms with Crippen molar-refractivity contribution in [3.8, 4) is 11.8 Å². The first-order chi connectivity index (χ1) is 10.5. The first-order valence-electron chi connectivity index (χ1n) is 6.22. The third-order valence-corrected chi connectivity index (χ3v) is 5.43. The van der Waals surface area contributed by atoms with Crippen LogP contribution in [0.1, 0.15) is 11.3 Å². The number of nitrogens with zero attached hydrogens (tertiary/aromatic N) is 3. The molecule has 22 heavy (non-hydrogen) atoms. The van der Waals surface area contributed by atoms with Crippen molar-refractivity contribution in [1.82, 2.24) is 9.55 Å². The van der Waals surface area contributed by atoms with Crippen molar-refractivity contribution < 1.29 is 9.50 Å². The lowest BCUT2D eigenvalue weighted by molar-refractivity contribution is 0.479. The zero-order chi connectivity index (χ0) is 15.9. The Labute approximate surface area is 142 Å². The zero-order valence-corrected chi connectivity index (χ0v) is 14.2. The zero-order valence-electron chi connectivity index (χ0n) is 11.0. The van der Waals surface area contributed by atoms with Crippen LogP contribution in [0.5, 0.6) is 5.75 Å². The van der Waals surface area contributed by atoms with Gasteiger partial charge in [-0.05, 0) is 49.6 Å². The van der Waals surface area contributed by atoms with Crippen LogP contribution in [0, 0.1) is 17.1 Å². The molecule has 0 amide bonds. The third-order valence-electron chi connectivity index (χ3n) is 3.30. The van der Waals surface area contributed by atoms with Crippen LogP contribution in [0.4, 0.5) is 4.39 Å². The molecular weight excluding hydrogens is 417 g/mol. The number of hydrogen-bond acceptors (Lipinski definition) is 3. The van der Waals surface area contributed by atoms with E-state index in [0.29, 0.717) is 26.5 Å². The van der Waals surface area contributed by atoms with E-state index in [-0.39, 0.29) is 17.3 Å². The maximum absolute atomic E-state index is 13.0. The smallest absolute Gasteiger partial charge is 0.165 e. The quantitative estimate of drug-likeness (QED) is 0.666. The molecular formula is C15H8Br2FN3O. The lowest BCUT2D eigenvalue weighted by Crippen LogP contribution is -2.02. The van der Waals surface area contributed by atoms with E-state index in [2.05, 4.69) is 36.8 Å². The summed E-state index contributed by atoms with van der Waals surface area (Å²) in [6, 6.07) is 8.13. The fourth-order valence-electron chi connectivity index (χ4n) is 2.29. The van der Waals surface area contributed by atoms with Crippen LogP contribution < -0.4 is 0 Å². The minimum Gasteiger partial charge on any atom is -0.506 e. The molecule has 0 saturated heterocycles. The van der Waals surface area contributed by atoms with Gasteiger partial charge in [0, 0.05) is 6.54 Å². The number of fused-ring (bicyclic) bond motifs is 1. The number of halogens is 3. The topological polar surface area (TPSA) is 61.8 Å². The summed E-state index contributed by atoms with van der Waals surface area (Å²) in [5.41, 5.74) is 1.59. The van der Waals surface area contributed by atoms with Gasteiger partial charge in [-0.2, -0.15) is 5.26 Å². The van der Waals surface area contributed by atoms with E-state index in [0.717, 1.165) is 5.56 Å². The van der Waals surface area contributed by atoms with Gasteiger partial charge in [0.25, 0.3) is 0 Å². The molecule has 0 spiro atoms. The number of rotatable bonds is 2. The standard InChI is InChI=1S/C15H8Br2FN3O/c16-13-12-11(22)6-20-10(5-19)14(12)21(15(13)17)7-8-1-3-9(18)4-2-8/h1-4,6,22H,7H2. The van der Waals surface area contributed by atoms with Gasteiger partial charge in [-0.1, -0.05) is 12.1 Å². The molecule has 0 radical (unpaired) electrons. The fraction of sp³-hybridized carbons (Fsp3) is 0.0667. The van der Waals surface area contributed by atoms with Crippen molar-refractivity contribution >= 4 is 42.8 Å². The predicted molar refractivity (Wildman–Crippen MR) is 87.0 cm³/mol. The number of aromatic nitrogens is 2. The summed E-state index contributed by atoms with van der Waals surface area (Å²) in [6.45, 7) is 0.406. The first-order valence-corrected chi connectivity index (χ1v) is 7.81. The van der Waals surface area contributed by atoms with E-state index >= 15 is 0 Å². The molecule has 0 aliphatic rings. The molecule has 1 aromatic carbocycles. The van der Waals surface area contributed by atoms with Gasteiger partial charge < -0.3 is 9.67 Å². The number of pyridine rings is 1. The summed E-state index contributed by atoms with van der Waals surface area (Å²) < 4.78 is 16.1. The minimum absolute atomic E-state index is 0.0144. The predicted octanol–water partition coefficient (Wildman–Crippen LogP) is 4.33. The summed E-state index contributed by atoms with van der Waals surface area (Å²) in [7, 11) is 0. The molecule has 2 aromatic heterocycles. The third kappa shape index (κ3) is 2.38. The Hall–Kier alpha value is -1.91. The summed E-state index contributed by atoms with van der Waals surface area (Å²) in [6.07, 6.45) is 1.25. The summed E-state index contributed by atoms with van der Waals surface area (Å²) >= 11 is 6.87. The van der Waals surface area contributed by atoms with Gasteiger partial charge in [0.1, 0.15) is 22.2 Å². The number of hydrogen-bond donors (Lipinski definition) is 1. The van der Waals surface area contributed by atoms with Gasteiger partial charge in [0.15, 0.2) is 5.69 Å². The van der Waals surface area contributed by atoms with Gasteiger partial charge in [-0.25, -0.2) is 9.37 Å². The van der Waals surface area contributed by atoms with E-state index in [4.69, 9.17) is 0 Å². The van der Waals surface area contributed by atoms with Crippen molar-refractivity contribution in [3.63, 3.8) is 0 Å². The molecule has 3 aromatic rings. The van der Waals surface area contributed by atoms with Crippen LogP contribution in [0.25, 0.3) is 10.9 Å². The molecule has 4 nitrogen and oxygen atoms in total. The molecule has 0 unspecified atom stereocenters. The molecule has 0 aliphatic carbocycles. The highest BCUT2D eigenvalue weighted by molar-refractivity contribution is 9.13. The Morgan fingerprint density at radius 2 is 1.95 bits per heavy atom. The van der Waals surface area contributed by atoms with E-state index in [1.807, 2.05) is 6.07 Å². The van der Waals surface area contributed by atoms with Gasteiger partial charge in [-0.3, -0.25) is 0 Å². The average molecular weight is 425 g/mol. The van der Waals surface area contributed by atoms with Crippen LogP contribution >= 0.6 is 31.9 Å². The highest BCUT2D eigenvalue weighted by atomic mass is 79.9. The van der Waals surface area contributed by atoms with Crippen molar-refractivity contribution in [2.75, 3.05) is 0 Å². The highest BCUT2D eigenvalue weighted by Crippen LogP contribution is 2.40. The maximum atomic E-state index is 13.0. The second kappa shape index (κ2) is 5.71. The summed E-state index contributed by atoms with van der Waals surface area (Å²) in [5, 5.41) is 19.8. The second-order valence-electron chi connectivity index (χ2n) is 4.64. The Bertz CT molecular complexity index is 913. The number of aromatic hydroxyl groups is 1. The monoisotopic (exact) mass is 423 g/mol. The van der Waals surface area contributed by atoms with Crippen molar-refractivity contribution in [1.29, 1.82) is 5.26 Å². The molecule has 2 heterocycles. The Balaban J connectivity index is 2.25. The van der Waals surface area contributed by atoms with Crippen molar-refractivity contribution in [2.24, 2.45) is 0 Å². The normalized spacial score (nSPS) is 10.8. The molecule has 0 fully saturated rings. The fourth-order valence-corrected chi connectivity index (χ4v) is 3.40. The lowest BCUT2D eigenvalue weighted by atomic mass is 10.2. The molecule has 0 bridgehead atoms. The molecule has 0 aliphatic heterocycles.